The summed E-state index contributed by atoms with van der Waals surface area (Å²) in [6.07, 6.45) is 12.3. The van der Waals surface area contributed by atoms with E-state index < -0.39 is 11.9 Å². The average Bonchev–Trinajstić information content (AvgIpc) is 2.92. The van der Waals surface area contributed by atoms with Gasteiger partial charge in [-0.05, 0) is 82.0 Å². The fourth-order valence-corrected chi connectivity index (χ4v) is 6.61. The van der Waals surface area contributed by atoms with Crippen molar-refractivity contribution in [1.82, 2.24) is 10.6 Å². The highest BCUT2D eigenvalue weighted by Gasteiger charge is 2.38. The second kappa shape index (κ2) is 11.6. The molecule has 178 valence electrons. The van der Waals surface area contributed by atoms with E-state index in [1.165, 1.54) is 32.1 Å². The van der Waals surface area contributed by atoms with Gasteiger partial charge < -0.3 is 20.5 Å². The van der Waals surface area contributed by atoms with Crippen LogP contribution in [0.2, 0.25) is 0 Å². The van der Waals surface area contributed by atoms with Crippen LogP contribution in [0.1, 0.15) is 91.4 Å². The van der Waals surface area contributed by atoms with E-state index in [0.29, 0.717) is 29.7 Å². The summed E-state index contributed by atoms with van der Waals surface area (Å²) in [7, 11) is 0. The van der Waals surface area contributed by atoms with Gasteiger partial charge in [0.2, 0.25) is 0 Å². The fourth-order valence-electron chi connectivity index (χ4n) is 6.61. The summed E-state index contributed by atoms with van der Waals surface area (Å²) in [5, 5.41) is 17.6. The van der Waals surface area contributed by atoms with E-state index in [1.807, 2.05) is 0 Å². The van der Waals surface area contributed by atoms with Crippen molar-refractivity contribution in [2.24, 2.45) is 23.7 Å². The lowest BCUT2D eigenvalue weighted by atomic mass is 9.69. The molecule has 3 fully saturated rings. The normalized spacial score (nSPS) is 37.6. The lowest BCUT2D eigenvalue weighted by Gasteiger charge is -2.42. The van der Waals surface area contributed by atoms with Gasteiger partial charge in [0, 0.05) is 18.1 Å². The minimum Gasteiger partial charge on any atom is -0.459 e. The average molecular weight is 437 g/mol. The van der Waals surface area contributed by atoms with Gasteiger partial charge in [-0.25, -0.2) is 4.79 Å². The SMILES string of the molecule is CCOC(=O)C(=O)NC1CC(C)C(CC2CCCC(O)C(C3CCCCC3)N2)C(C)C1. The molecule has 1 saturated heterocycles. The molecule has 5 unspecified atom stereocenters. The second-order valence-electron chi connectivity index (χ2n) is 10.5. The van der Waals surface area contributed by atoms with E-state index in [0.717, 1.165) is 38.5 Å². The van der Waals surface area contributed by atoms with Gasteiger partial charge in [0.15, 0.2) is 0 Å². The first-order valence-electron chi connectivity index (χ1n) is 12.8. The Labute approximate surface area is 188 Å². The van der Waals surface area contributed by atoms with Crippen LogP contribution in [0.3, 0.4) is 0 Å². The maximum absolute atomic E-state index is 12.0. The third-order valence-electron chi connectivity index (χ3n) is 8.18. The smallest absolute Gasteiger partial charge is 0.396 e. The molecule has 5 atom stereocenters. The number of hydrogen-bond donors (Lipinski definition) is 3. The topological polar surface area (TPSA) is 87.7 Å². The molecule has 6 nitrogen and oxygen atoms in total. The Balaban J connectivity index is 1.55. The summed E-state index contributed by atoms with van der Waals surface area (Å²) in [5.41, 5.74) is 0. The van der Waals surface area contributed by atoms with Gasteiger partial charge >= 0.3 is 11.9 Å². The van der Waals surface area contributed by atoms with Crippen molar-refractivity contribution in [2.75, 3.05) is 6.61 Å². The first-order chi connectivity index (χ1) is 14.9. The fraction of sp³-hybridized carbons (Fsp3) is 0.920. The molecule has 1 heterocycles. The molecule has 3 aliphatic rings. The number of rotatable bonds is 5. The summed E-state index contributed by atoms with van der Waals surface area (Å²) in [6, 6.07) is 0.750. The molecule has 1 aliphatic heterocycles. The lowest BCUT2D eigenvalue weighted by Crippen LogP contribution is -2.50. The van der Waals surface area contributed by atoms with Gasteiger partial charge in [-0.3, -0.25) is 4.79 Å². The van der Waals surface area contributed by atoms with Crippen LogP contribution in [0.4, 0.5) is 0 Å². The van der Waals surface area contributed by atoms with E-state index in [1.54, 1.807) is 6.92 Å². The zero-order valence-electron chi connectivity index (χ0n) is 19.8. The molecule has 0 spiro atoms. The minimum atomic E-state index is -0.778. The van der Waals surface area contributed by atoms with Crippen LogP contribution < -0.4 is 10.6 Å². The van der Waals surface area contributed by atoms with Crippen LogP contribution in [0, 0.1) is 23.7 Å². The zero-order chi connectivity index (χ0) is 22.4. The van der Waals surface area contributed by atoms with Crippen molar-refractivity contribution in [3.05, 3.63) is 0 Å². The predicted molar refractivity (Wildman–Crippen MR) is 121 cm³/mol. The maximum atomic E-state index is 12.0. The summed E-state index contributed by atoms with van der Waals surface area (Å²) < 4.78 is 4.82. The van der Waals surface area contributed by atoms with Crippen molar-refractivity contribution in [1.29, 1.82) is 0 Å². The highest BCUT2D eigenvalue weighted by molar-refractivity contribution is 6.32. The molecule has 3 N–H and O–H groups in total. The number of ether oxygens (including phenoxy) is 1. The molecule has 2 aliphatic carbocycles. The predicted octanol–water partition coefficient (Wildman–Crippen LogP) is 3.56. The van der Waals surface area contributed by atoms with Gasteiger partial charge in [0.05, 0.1) is 12.7 Å². The van der Waals surface area contributed by atoms with Gasteiger partial charge in [-0.15, -0.1) is 0 Å². The molecule has 3 rings (SSSR count). The van der Waals surface area contributed by atoms with Crippen LogP contribution in [0.15, 0.2) is 0 Å². The monoisotopic (exact) mass is 436 g/mol. The molecule has 0 aromatic carbocycles. The van der Waals surface area contributed by atoms with Crippen molar-refractivity contribution >= 4 is 11.9 Å². The molecule has 1 amide bonds. The van der Waals surface area contributed by atoms with Crippen LogP contribution in [0.5, 0.6) is 0 Å². The first-order valence-corrected chi connectivity index (χ1v) is 12.8. The van der Waals surface area contributed by atoms with Crippen molar-refractivity contribution in [3.63, 3.8) is 0 Å². The van der Waals surface area contributed by atoms with Gasteiger partial charge in [-0.1, -0.05) is 33.1 Å². The van der Waals surface area contributed by atoms with Crippen LogP contribution in [-0.2, 0) is 14.3 Å². The summed E-state index contributed by atoms with van der Waals surface area (Å²) in [4.78, 5) is 23.7. The molecule has 0 aromatic heterocycles. The third-order valence-corrected chi connectivity index (χ3v) is 8.18. The number of esters is 1. The van der Waals surface area contributed by atoms with Crippen molar-refractivity contribution in [2.45, 2.75) is 116 Å². The van der Waals surface area contributed by atoms with Crippen molar-refractivity contribution < 1.29 is 19.4 Å². The Bertz CT molecular complexity index is 580. The Hall–Kier alpha value is -1.14. The molecular formula is C25H44N2O4. The van der Waals surface area contributed by atoms with Gasteiger partial charge in [0.25, 0.3) is 0 Å². The Kier molecular flexibility index (Phi) is 9.20. The van der Waals surface area contributed by atoms with Crippen LogP contribution in [-0.4, -0.2) is 47.8 Å². The largest absolute Gasteiger partial charge is 0.459 e. The molecule has 2 saturated carbocycles. The van der Waals surface area contributed by atoms with E-state index in [-0.39, 0.29) is 24.8 Å². The van der Waals surface area contributed by atoms with Gasteiger partial charge in [-0.2, -0.15) is 0 Å². The zero-order valence-corrected chi connectivity index (χ0v) is 19.8. The second-order valence-corrected chi connectivity index (χ2v) is 10.5. The van der Waals surface area contributed by atoms with Crippen LogP contribution in [0.25, 0.3) is 0 Å². The summed E-state index contributed by atoms with van der Waals surface area (Å²) in [6.45, 7) is 6.50. The molecular weight excluding hydrogens is 392 g/mol. The molecule has 31 heavy (non-hydrogen) atoms. The first kappa shape index (κ1) is 24.5. The minimum absolute atomic E-state index is 0.0389. The maximum Gasteiger partial charge on any atom is 0.396 e. The number of hydrogen-bond acceptors (Lipinski definition) is 5. The van der Waals surface area contributed by atoms with E-state index in [2.05, 4.69) is 24.5 Å². The standard InChI is InChI=1S/C25H44N2O4/c1-4-31-25(30)24(29)27-20-13-16(2)21(17(3)14-20)15-19-11-8-12-22(28)23(26-19)18-9-6-5-7-10-18/h16-23,26,28H,4-15H2,1-3H3,(H,27,29). The molecule has 0 bridgehead atoms. The Morgan fingerprint density at radius 2 is 1.68 bits per heavy atom. The van der Waals surface area contributed by atoms with Crippen molar-refractivity contribution in [3.8, 4) is 0 Å². The number of nitrogens with one attached hydrogen (secondary N) is 2. The third kappa shape index (κ3) is 6.67. The van der Waals surface area contributed by atoms with E-state index >= 15 is 0 Å². The molecule has 6 heteroatoms. The van der Waals surface area contributed by atoms with Gasteiger partial charge in [0.1, 0.15) is 0 Å². The Morgan fingerprint density at radius 3 is 2.32 bits per heavy atom. The van der Waals surface area contributed by atoms with E-state index in [9.17, 15) is 14.7 Å². The molecule has 0 radical (unpaired) electrons. The number of amides is 1. The molecule has 0 aromatic rings. The number of aliphatic hydroxyl groups excluding tert-OH is 1. The number of carbonyl (C=O) groups excluding carboxylic acids is 2. The lowest BCUT2D eigenvalue weighted by molar-refractivity contribution is -0.155. The summed E-state index contributed by atoms with van der Waals surface area (Å²) in [5.74, 6) is 0.793. The number of carbonyl (C=O) groups is 2. The Morgan fingerprint density at radius 1 is 1.00 bits per heavy atom. The highest BCUT2D eigenvalue weighted by atomic mass is 16.5. The highest BCUT2D eigenvalue weighted by Crippen LogP contribution is 2.39. The summed E-state index contributed by atoms with van der Waals surface area (Å²) >= 11 is 0. The van der Waals surface area contributed by atoms with E-state index in [4.69, 9.17) is 4.74 Å². The van der Waals surface area contributed by atoms with Crippen LogP contribution >= 0.6 is 0 Å². The number of aliphatic hydroxyl groups is 1. The quantitative estimate of drug-likeness (QED) is 0.453.